The molecule has 7 nitrogen and oxygen atoms in total. The first-order chi connectivity index (χ1) is 11.0. The lowest BCUT2D eigenvalue weighted by Gasteiger charge is -2.21. The largest absolute Gasteiger partial charge is 0.440 e. The molecule has 0 aliphatic carbocycles. The standard InChI is InChI=1S/C14H16N2O5S2/c1-9-12(15-14(21-9)11-3-2-8-22-11)13(17)16-23(18,19)10-4-6-20-7-5-10/h2-3,8,10H,4-7H2,1H3,(H,16,17). The van der Waals surface area contributed by atoms with E-state index in [0.717, 1.165) is 4.88 Å². The summed E-state index contributed by atoms with van der Waals surface area (Å²) in [6, 6.07) is 3.66. The minimum Gasteiger partial charge on any atom is -0.440 e. The SMILES string of the molecule is Cc1oc(-c2cccs2)nc1C(=O)NS(=O)(=O)C1CCOCC1. The lowest BCUT2D eigenvalue weighted by molar-refractivity contribution is 0.0947. The minimum atomic E-state index is -3.75. The van der Waals surface area contributed by atoms with E-state index in [1.165, 1.54) is 11.3 Å². The van der Waals surface area contributed by atoms with Gasteiger partial charge in [0.1, 0.15) is 5.76 Å². The van der Waals surface area contributed by atoms with Crippen LogP contribution in [-0.4, -0.2) is 37.8 Å². The maximum atomic E-state index is 12.3. The van der Waals surface area contributed by atoms with Gasteiger partial charge in [0, 0.05) is 13.2 Å². The van der Waals surface area contributed by atoms with Crippen LogP contribution in [0.1, 0.15) is 29.1 Å². The lowest BCUT2D eigenvalue weighted by Crippen LogP contribution is -2.41. The van der Waals surface area contributed by atoms with E-state index in [2.05, 4.69) is 9.71 Å². The number of carbonyl (C=O) groups is 1. The topological polar surface area (TPSA) is 98.5 Å². The molecule has 1 fully saturated rings. The van der Waals surface area contributed by atoms with Crippen molar-refractivity contribution in [3.8, 4) is 10.8 Å². The van der Waals surface area contributed by atoms with E-state index in [1.54, 1.807) is 6.92 Å². The van der Waals surface area contributed by atoms with Crippen molar-refractivity contribution in [3.63, 3.8) is 0 Å². The van der Waals surface area contributed by atoms with Gasteiger partial charge in [0.2, 0.25) is 15.9 Å². The highest BCUT2D eigenvalue weighted by molar-refractivity contribution is 7.90. The van der Waals surface area contributed by atoms with Crippen LogP contribution in [0.25, 0.3) is 10.8 Å². The van der Waals surface area contributed by atoms with E-state index in [9.17, 15) is 13.2 Å². The van der Waals surface area contributed by atoms with Crippen molar-refractivity contribution in [1.82, 2.24) is 9.71 Å². The zero-order valence-corrected chi connectivity index (χ0v) is 14.1. The quantitative estimate of drug-likeness (QED) is 0.899. The predicted octanol–water partition coefficient (Wildman–Crippen LogP) is 1.95. The van der Waals surface area contributed by atoms with Crippen LogP contribution in [0.5, 0.6) is 0 Å². The molecule has 1 amide bonds. The molecule has 2 aromatic rings. The summed E-state index contributed by atoms with van der Waals surface area (Å²) in [5, 5.41) is 1.24. The van der Waals surface area contributed by atoms with Gasteiger partial charge in [-0.25, -0.2) is 18.1 Å². The average molecular weight is 356 g/mol. The monoisotopic (exact) mass is 356 g/mol. The molecule has 1 aliphatic heterocycles. The van der Waals surface area contributed by atoms with Crippen molar-refractivity contribution in [3.05, 3.63) is 29.0 Å². The van der Waals surface area contributed by atoms with Gasteiger partial charge in [-0.1, -0.05) is 6.07 Å². The fraction of sp³-hybridized carbons (Fsp3) is 0.429. The van der Waals surface area contributed by atoms with E-state index >= 15 is 0 Å². The molecule has 0 unspecified atom stereocenters. The number of hydrogen-bond donors (Lipinski definition) is 1. The fourth-order valence-corrected chi connectivity index (χ4v) is 4.34. The number of carbonyl (C=O) groups excluding carboxylic acids is 1. The van der Waals surface area contributed by atoms with Gasteiger partial charge in [0.25, 0.3) is 5.91 Å². The summed E-state index contributed by atoms with van der Waals surface area (Å²) in [6.45, 7) is 2.34. The van der Waals surface area contributed by atoms with E-state index in [-0.39, 0.29) is 11.5 Å². The van der Waals surface area contributed by atoms with Crippen molar-refractivity contribution in [2.45, 2.75) is 25.0 Å². The Labute approximate surface area is 137 Å². The Kier molecular flexibility index (Phi) is 4.51. The molecule has 124 valence electrons. The van der Waals surface area contributed by atoms with Crippen molar-refractivity contribution in [2.24, 2.45) is 0 Å². The smallest absolute Gasteiger partial charge is 0.286 e. The molecule has 2 aromatic heterocycles. The van der Waals surface area contributed by atoms with Crippen LogP contribution in [-0.2, 0) is 14.8 Å². The number of aryl methyl sites for hydroxylation is 1. The van der Waals surface area contributed by atoms with Crippen LogP contribution in [0.2, 0.25) is 0 Å². The number of hydrogen-bond acceptors (Lipinski definition) is 7. The number of ether oxygens (including phenoxy) is 1. The van der Waals surface area contributed by atoms with Gasteiger partial charge in [-0.3, -0.25) is 4.79 Å². The number of sulfonamides is 1. The molecular formula is C14H16N2O5S2. The van der Waals surface area contributed by atoms with E-state index in [0.29, 0.717) is 31.9 Å². The van der Waals surface area contributed by atoms with Gasteiger partial charge >= 0.3 is 0 Å². The molecule has 0 radical (unpaired) electrons. The summed E-state index contributed by atoms with van der Waals surface area (Å²) in [7, 11) is -3.75. The average Bonchev–Trinajstić information content (AvgIpc) is 3.17. The molecule has 3 rings (SSSR count). The lowest BCUT2D eigenvalue weighted by atomic mass is 10.2. The maximum absolute atomic E-state index is 12.3. The Morgan fingerprint density at radius 2 is 2.13 bits per heavy atom. The van der Waals surface area contributed by atoms with Crippen molar-refractivity contribution in [1.29, 1.82) is 0 Å². The first kappa shape index (κ1) is 16.2. The number of nitrogens with one attached hydrogen (secondary N) is 1. The number of thiophene rings is 1. The second-order valence-corrected chi connectivity index (χ2v) is 8.10. The highest BCUT2D eigenvalue weighted by atomic mass is 32.2. The molecule has 0 atom stereocenters. The molecule has 0 bridgehead atoms. The number of rotatable bonds is 4. The van der Waals surface area contributed by atoms with Crippen LogP contribution >= 0.6 is 11.3 Å². The third-order valence-electron chi connectivity index (χ3n) is 3.59. The summed E-state index contributed by atoms with van der Waals surface area (Å²) in [5.74, 6) is -0.167. The molecule has 1 saturated heterocycles. The Bertz CT molecular complexity index is 789. The van der Waals surface area contributed by atoms with Gasteiger partial charge < -0.3 is 9.15 Å². The molecule has 1 N–H and O–H groups in total. The summed E-state index contributed by atoms with van der Waals surface area (Å²) < 4.78 is 37.3. The normalized spacial score (nSPS) is 16.4. The molecular weight excluding hydrogens is 340 g/mol. The molecule has 9 heteroatoms. The zero-order chi connectivity index (χ0) is 16.4. The minimum absolute atomic E-state index is 0.0102. The molecule has 0 saturated carbocycles. The number of nitrogens with zero attached hydrogens (tertiary/aromatic N) is 1. The second-order valence-electron chi connectivity index (χ2n) is 5.19. The van der Waals surface area contributed by atoms with Gasteiger partial charge in [-0.05, 0) is 31.2 Å². The summed E-state index contributed by atoms with van der Waals surface area (Å²) in [5.41, 5.74) is -0.0102. The number of amides is 1. The summed E-state index contributed by atoms with van der Waals surface area (Å²) in [6.07, 6.45) is 0.752. The first-order valence-electron chi connectivity index (χ1n) is 7.12. The maximum Gasteiger partial charge on any atom is 0.286 e. The Hall–Kier alpha value is -1.71. The van der Waals surface area contributed by atoms with Gasteiger partial charge in [-0.2, -0.15) is 0 Å². The van der Waals surface area contributed by atoms with Crippen LogP contribution in [0.4, 0.5) is 0 Å². The predicted molar refractivity (Wildman–Crippen MR) is 84.8 cm³/mol. The van der Waals surface area contributed by atoms with Gasteiger partial charge in [0.05, 0.1) is 10.1 Å². The van der Waals surface area contributed by atoms with E-state index in [1.807, 2.05) is 17.5 Å². The Morgan fingerprint density at radius 1 is 1.39 bits per heavy atom. The first-order valence-corrected chi connectivity index (χ1v) is 9.55. The zero-order valence-electron chi connectivity index (χ0n) is 12.4. The van der Waals surface area contributed by atoms with Crippen LogP contribution in [0.15, 0.2) is 21.9 Å². The second kappa shape index (κ2) is 6.42. The highest BCUT2D eigenvalue weighted by Crippen LogP contribution is 2.26. The highest BCUT2D eigenvalue weighted by Gasteiger charge is 2.31. The molecule has 1 aliphatic rings. The fourth-order valence-electron chi connectivity index (χ4n) is 2.36. The molecule has 3 heterocycles. The summed E-state index contributed by atoms with van der Waals surface area (Å²) >= 11 is 1.43. The van der Waals surface area contributed by atoms with Crippen LogP contribution < -0.4 is 4.72 Å². The van der Waals surface area contributed by atoms with E-state index < -0.39 is 21.2 Å². The Morgan fingerprint density at radius 3 is 2.78 bits per heavy atom. The van der Waals surface area contributed by atoms with Gasteiger partial charge in [-0.15, -0.1) is 11.3 Å². The summed E-state index contributed by atoms with van der Waals surface area (Å²) in [4.78, 5) is 17.2. The molecule has 0 aromatic carbocycles. The van der Waals surface area contributed by atoms with Crippen molar-refractivity contribution in [2.75, 3.05) is 13.2 Å². The number of aromatic nitrogens is 1. The molecule has 0 spiro atoms. The Balaban J connectivity index is 1.78. The molecule has 23 heavy (non-hydrogen) atoms. The van der Waals surface area contributed by atoms with E-state index in [4.69, 9.17) is 9.15 Å². The van der Waals surface area contributed by atoms with Crippen molar-refractivity contribution < 1.29 is 22.4 Å². The van der Waals surface area contributed by atoms with Crippen LogP contribution in [0.3, 0.4) is 0 Å². The third kappa shape index (κ3) is 3.46. The van der Waals surface area contributed by atoms with Crippen LogP contribution in [0, 0.1) is 6.92 Å². The van der Waals surface area contributed by atoms with Gasteiger partial charge in [0.15, 0.2) is 5.69 Å². The third-order valence-corrected chi connectivity index (χ3v) is 6.26. The number of oxazole rings is 1. The van der Waals surface area contributed by atoms with Crippen molar-refractivity contribution >= 4 is 27.3 Å².